The fraction of sp³-hybridized carbons (Fsp3) is 0.304. The van der Waals surface area contributed by atoms with E-state index in [2.05, 4.69) is 5.32 Å². The average Bonchev–Trinajstić information content (AvgIpc) is 3.02. The summed E-state index contributed by atoms with van der Waals surface area (Å²) in [4.78, 5) is 52.8. The van der Waals surface area contributed by atoms with Crippen molar-refractivity contribution < 1.29 is 19.2 Å². The molecule has 2 aromatic rings. The van der Waals surface area contributed by atoms with Crippen LogP contribution in [-0.4, -0.2) is 53.1 Å². The van der Waals surface area contributed by atoms with Gasteiger partial charge in [-0.05, 0) is 43.2 Å². The Labute approximate surface area is 196 Å². The molecule has 7 nitrogen and oxygen atoms in total. The van der Waals surface area contributed by atoms with Gasteiger partial charge in [-0.3, -0.25) is 24.1 Å². The zero-order chi connectivity index (χ0) is 23.4. The summed E-state index contributed by atoms with van der Waals surface area (Å²) < 4.78 is 0. The highest BCUT2D eigenvalue weighted by molar-refractivity contribution is 6.35. The second-order valence-electron chi connectivity index (χ2n) is 7.46. The Morgan fingerprint density at radius 2 is 1.69 bits per heavy atom. The number of benzene rings is 2. The van der Waals surface area contributed by atoms with E-state index in [0.29, 0.717) is 26.7 Å². The molecule has 32 heavy (non-hydrogen) atoms. The van der Waals surface area contributed by atoms with E-state index in [4.69, 9.17) is 23.2 Å². The van der Waals surface area contributed by atoms with Crippen LogP contribution in [0.15, 0.2) is 42.5 Å². The summed E-state index contributed by atoms with van der Waals surface area (Å²) in [6.07, 6.45) is 0.329. The van der Waals surface area contributed by atoms with Gasteiger partial charge in [-0.1, -0.05) is 41.4 Å². The lowest BCUT2D eigenvalue weighted by Gasteiger charge is -2.29. The van der Waals surface area contributed by atoms with Crippen molar-refractivity contribution >= 4 is 46.8 Å². The largest absolute Gasteiger partial charge is 0.357 e. The van der Waals surface area contributed by atoms with E-state index >= 15 is 0 Å². The predicted octanol–water partition coefficient (Wildman–Crippen LogP) is 3.53. The molecule has 1 atom stereocenters. The van der Waals surface area contributed by atoms with Gasteiger partial charge in [0.1, 0.15) is 6.04 Å². The topological polar surface area (TPSA) is 86.8 Å². The molecule has 1 aliphatic rings. The summed E-state index contributed by atoms with van der Waals surface area (Å²) >= 11 is 12.2. The summed E-state index contributed by atoms with van der Waals surface area (Å²) in [5, 5.41) is 3.41. The van der Waals surface area contributed by atoms with Crippen LogP contribution >= 0.6 is 23.2 Å². The normalized spacial score (nSPS) is 13.7. The van der Waals surface area contributed by atoms with E-state index in [-0.39, 0.29) is 49.6 Å². The van der Waals surface area contributed by atoms with E-state index in [9.17, 15) is 19.2 Å². The number of nitrogens with one attached hydrogen (secondary N) is 1. The second kappa shape index (κ2) is 10.1. The second-order valence-corrected chi connectivity index (χ2v) is 8.30. The van der Waals surface area contributed by atoms with Crippen molar-refractivity contribution in [1.82, 2.24) is 15.1 Å². The van der Waals surface area contributed by atoms with Crippen molar-refractivity contribution in [2.75, 3.05) is 13.6 Å². The number of halogens is 2. The van der Waals surface area contributed by atoms with Gasteiger partial charge >= 0.3 is 0 Å². The number of carbonyl (C=O) groups is 4. The minimum Gasteiger partial charge on any atom is -0.357 e. The van der Waals surface area contributed by atoms with Crippen LogP contribution in [0.4, 0.5) is 0 Å². The van der Waals surface area contributed by atoms with Gasteiger partial charge in [0.2, 0.25) is 11.8 Å². The molecule has 0 spiro atoms. The van der Waals surface area contributed by atoms with Gasteiger partial charge in [-0.25, -0.2) is 0 Å². The van der Waals surface area contributed by atoms with E-state index in [1.165, 1.54) is 11.9 Å². The van der Waals surface area contributed by atoms with Crippen molar-refractivity contribution in [2.24, 2.45) is 0 Å². The first-order chi connectivity index (χ1) is 15.2. The molecular weight excluding hydrogens is 453 g/mol. The first-order valence-corrected chi connectivity index (χ1v) is 10.9. The number of likely N-dealkylation sites (N-methyl/N-ethyl adjacent to an activating group) is 1. The van der Waals surface area contributed by atoms with Crippen molar-refractivity contribution in [3.8, 4) is 0 Å². The van der Waals surface area contributed by atoms with Crippen LogP contribution in [0.5, 0.6) is 0 Å². The molecule has 1 aliphatic heterocycles. The van der Waals surface area contributed by atoms with Crippen LogP contribution in [0.2, 0.25) is 10.0 Å². The Balaban J connectivity index is 1.68. The standard InChI is InChI=1S/C23H23Cl2N3O4/c1-14(21(30)26-2)28(13-15-9-10-16(24)12-19(15)25)20(29)8-5-11-27-22(31)17-6-3-4-7-18(17)23(27)32/h3-4,6-7,9-10,12,14H,5,8,11,13H2,1-2H3,(H,26,30). The number of amides is 4. The van der Waals surface area contributed by atoms with Crippen molar-refractivity contribution in [3.05, 3.63) is 69.2 Å². The van der Waals surface area contributed by atoms with Crippen molar-refractivity contribution in [3.63, 3.8) is 0 Å². The lowest BCUT2D eigenvalue weighted by Crippen LogP contribution is -2.46. The lowest BCUT2D eigenvalue weighted by molar-refractivity contribution is -0.140. The number of imide groups is 1. The summed E-state index contributed by atoms with van der Waals surface area (Å²) in [5.74, 6) is -1.32. The number of hydrogen-bond donors (Lipinski definition) is 1. The Morgan fingerprint density at radius 1 is 1.06 bits per heavy atom. The molecule has 0 aliphatic carbocycles. The molecule has 0 fully saturated rings. The van der Waals surface area contributed by atoms with Gasteiger partial charge in [0.15, 0.2) is 0 Å². The molecule has 3 rings (SSSR count). The highest BCUT2D eigenvalue weighted by Crippen LogP contribution is 2.25. The molecule has 0 saturated heterocycles. The van der Waals surface area contributed by atoms with Crippen molar-refractivity contribution in [1.29, 1.82) is 0 Å². The number of nitrogens with zero attached hydrogens (tertiary/aromatic N) is 2. The zero-order valence-corrected chi connectivity index (χ0v) is 19.2. The summed E-state index contributed by atoms with van der Waals surface area (Å²) in [5.41, 5.74) is 1.40. The first-order valence-electron chi connectivity index (χ1n) is 10.1. The zero-order valence-electron chi connectivity index (χ0n) is 17.7. The highest BCUT2D eigenvalue weighted by Gasteiger charge is 2.35. The lowest BCUT2D eigenvalue weighted by atomic mass is 10.1. The maximum Gasteiger partial charge on any atom is 0.261 e. The maximum atomic E-state index is 13.0. The van der Waals surface area contributed by atoms with E-state index in [0.717, 1.165) is 4.90 Å². The van der Waals surface area contributed by atoms with Crippen LogP contribution in [0.25, 0.3) is 0 Å². The van der Waals surface area contributed by atoms with Crippen LogP contribution in [0, 0.1) is 0 Å². The molecular formula is C23H23Cl2N3O4. The Morgan fingerprint density at radius 3 is 2.25 bits per heavy atom. The van der Waals surface area contributed by atoms with E-state index < -0.39 is 6.04 Å². The Hall–Kier alpha value is -2.90. The average molecular weight is 476 g/mol. The smallest absolute Gasteiger partial charge is 0.261 e. The molecule has 0 saturated carbocycles. The molecule has 4 amide bonds. The summed E-state index contributed by atoms with van der Waals surface area (Å²) in [6.45, 7) is 1.86. The quantitative estimate of drug-likeness (QED) is 0.591. The molecule has 9 heteroatoms. The van der Waals surface area contributed by atoms with Gasteiger partial charge in [0.05, 0.1) is 11.1 Å². The minimum absolute atomic E-state index is 0.0555. The summed E-state index contributed by atoms with van der Waals surface area (Å²) in [6, 6.07) is 10.9. The Kier molecular flexibility index (Phi) is 7.53. The molecule has 2 aromatic carbocycles. The van der Waals surface area contributed by atoms with E-state index in [1.807, 2.05) is 0 Å². The SMILES string of the molecule is CNC(=O)C(C)N(Cc1ccc(Cl)cc1Cl)C(=O)CCCN1C(=O)c2ccccc2C1=O. The van der Waals surface area contributed by atoms with E-state index in [1.54, 1.807) is 49.4 Å². The fourth-order valence-corrected chi connectivity index (χ4v) is 4.07. The molecule has 1 N–H and O–H groups in total. The molecule has 0 radical (unpaired) electrons. The number of fused-ring (bicyclic) bond motifs is 1. The molecule has 1 unspecified atom stereocenters. The predicted molar refractivity (Wildman–Crippen MR) is 122 cm³/mol. The molecule has 0 bridgehead atoms. The third-order valence-corrected chi connectivity index (χ3v) is 6.01. The van der Waals surface area contributed by atoms with Gasteiger partial charge in [0.25, 0.3) is 11.8 Å². The monoisotopic (exact) mass is 475 g/mol. The molecule has 1 heterocycles. The van der Waals surface area contributed by atoms with Gasteiger partial charge in [0, 0.05) is 36.6 Å². The third-order valence-electron chi connectivity index (χ3n) is 5.42. The van der Waals surface area contributed by atoms with Crippen molar-refractivity contribution in [2.45, 2.75) is 32.4 Å². The highest BCUT2D eigenvalue weighted by atomic mass is 35.5. The Bertz CT molecular complexity index is 1040. The maximum absolute atomic E-state index is 13.0. The molecule has 0 aromatic heterocycles. The number of carbonyl (C=O) groups excluding carboxylic acids is 4. The van der Waals surface area contributed by atoms with Crippen LogP contribution in [0.3, 0.4) is 0 Å². The molecule has 168 valence electrons. The first kappa shape index (κ1) is 23.8. The summed E-state index contributed by atoms with van der Waals surface area (Å²) in [7, 11) is 1.50. The minimum atomic E-state index is -0.737. The van der Waals surface area contributed by atoms with Gasteiger partial charge < -0.3 is 10.2 Å². The number of rotatable bonds is 8. The van der Waals surface area contributed by atoms with Crippen LogP contribution in [0.1, 0.15) is 46.0 Å². The number of hydrogen-bond acceptors (Lipinski definition) is 4. The third kappa shape index (κ3) is 4.95. The van der Waals surface area contributed by atoms with Gasteiger partial charge in [-0.2, -0.15) is 0 Å². The van der Waals surface area contributed by atoms with Crippen LogP contribution in [-0.2, 0) is 16.1 Å². The van der Waals surface area contributed by atoms with Gasteiger partial charge in [-0.15, -0.1) is 0 Å². The van der Waals surface area contributed by atoms with Crippen LogP contribution < -0.4 is 5.32 Å². The fourth-order valence-electron chi connectivity index (χ4n) is 3.60.